The standard InChI is InChI=1S/C20H26BN5O/c1-21-17-12-24-26-19(23-11-14-5-4-8-22-10-14)9-18(25-20(17)26)16-7-3-2-6-15(16)13-27/h4-5,8-10,12,15-16,21,23,27H,2-3,6-7,11,13H2,1H3/t15-,16-/m1/s1. The molecule has 3 aromatic rings. The zero-order valence-corrected chi connectivity index (χ0v) is 15.8. The molecule has 2 N–H and O–H groups in total. The van der Waals surface area contributed by atoms with E-state index in [0.29, 0.717) is 18.4 Å². The molecule has 4 rings (SSSR count). The maximum atomic E-state index is 9.85. The highest BCUT2D eigenvalue weighted by molar-refractivity contribution is 6.54. The van der Waals surface area contributed by atoms with E-state index in [9.17, 15) is 5.11 Å². The van der Waals surface area contributed by atoms with Crippen LogP contribution in [-0.2, 0) is 6.54 Å². The van der Waals surface area contributed by atoms with Gasteiger partial charge >= 0.3 is 0 Å². The number of fused-ring (bicyclic) bond motifs is 1. The lowest BCUT2D eigenvalue weighted by molar-refractivity contribution is 0.168. The van der Waals surface area contributed by atoms with Gasteiger partial charge in [0, 0.05) is 49.4 Å². The molecule has 140 valence electrons. The first-order chi connectivity index (χ1) is 13.3. The van der Waals surface area contributed by atoms with E-state index in [1.807, 2.05) is 23.0 Å². The summed E-state index contributed by atoms with van der Waals surface area (Å²) in [5.74, 6) is 1.56. The van der Waals surface area contributed by atoms with Gasteiger partial charge in [-0.3, -0.25) is 4.98 Å². The van der Waals surface area contributed by atoms with Crippen molar-refractivity contribution in [3.63, 3.8) is 0 Å². The Balaban J connectivity index is 1.71. The summed E-state index contributed by atoms with van der Waals surface area (Å²) in [4.78, 5) is 9.17. The van der Waals surface area contributed by atoms with Crippen LogP contribution in [0.5, 0.6) is 0 Å². The fraction of sp³-hybridized carbons (Fsp3) is 0.450. The van der Waals surface area contributed by atoms with E-state index >= 15 is 0 Å². The van der Waals surface area contributed by atoms with Crippen molar-refractivity contribution < 1.29 is 5.11 Å². The predicted molar refractivity (Wildman–Crippen MR) is 109 cm³/mol. The van der Waals surface area contributed by atoms with Gasteiger partial charge in [0.15, 0.2) is 12.9 Å². The zero-order chi connectivity index (χ0) is 18.6. The third-order valence-corrected chi connectivity index (χ3v) is 5.67. The van der Waals surface area contributed by atoms with Crippen LogP contribution < -0.4 is 10.8 Å². The summed E-state index contributed by atoms with van der Waals surface area (Å²) in [6.07, 6.45) is 10.1. The summed E-state index contributed by atoms with van der Waals surface area (Å²) >= 11 is 0. The van der Waals surface area contributed by atoms with Crippen LogP contribution in [0.25, 0.3) is 5.65 Å². The number of anilines is 1. The third kappa shape index (κ3) is 3.69. The Morgan fingerprint density at radius 1 is 1.30 bits per heavy atom. The third-order valence-electron chi connectivity index (χ3n) is 5.67. The highest BCUT2D eigenvalue weighted by Crippen LogP contribution is 2.37. The van der Waals surface area contributed by atoms with Gasteiger partial charge in [-0.1, -0.05) is 25.7 Å². The normalized spacial score (nSPS) is 19.9. The SMILES string of the molecule is CBc1cnn2c(NCc3cccnc3)cc([C@@H]3CCCC[C@@H]3CO)nc12. The van der Waals surface area contributed by atoms with Crippen molar-refractivity contribution in [2.24, 2.45) is 5.92 Å². The van der Waals surface area contributed by atoms with Crippen LogP contribution in [0.2, 0.25) is 6.82 Å². The van der Waals surface area contributed by atoms with E-state index in [2.05, 4.69) is 34.4 Å². The van der Waals surface area contributed by atoms with Crippen LogP contribution in [0.15, 0.2) is 36.8 Å². The molecule has 1 saturated carbocycles. The predicted octanol–water partition coefficient (Wildman–Crippen LogP) is 2.11. The summed E-state index contributed by atoms with van der Waals surface area (Å²) in [6.45, 7) is 3.04. The Kier molecular flexibility index (Phi) is 5.39. The number of aliphatic hydroxyl groups excluding tert-OH is 1. The van der Waals surface area contributed by atoms with Gasteiger partial charge in [-0.25, -0.2) is 4.98 Å². The van der Waals surface area contributed by atoms with Crippen LogP contribution in [0.4, 0.5) is 5.82 Å². The van der Waals surface area contributed by atoms with Crippen molar-refractivity contribution in [1.82, 2.24) is 19.6 Å². The number of hydrogen-bond donors (Lipinski definition) is 2. The van der Waals surface area contributed by atoms with Gasteiger partial charge in [0.1, 0.15) is 5.82 Å². The number of rotatable bonds is 6. The Labute approximate surface area is 160 Å². The lowest BCUT2D eigenvalue weighted by Gasteiger charge is -2.30. The topological polar surface area (TPSA) is 75.3 Å². The van der Waals surface area contributed by atoms with Crippen LogP contribution in [0.3, 0.4) is 0 Å². The van der Waals surface area contributed by atoms with E-state index in [1.54, 1.807) is 6.20 Å². The molecule has 0 spiro atoms. The molecular weight excluding hydrogens is 337 g/mol. The largest absolute Gasteiger partial charge is 0.396 e. The van der Waals surface area contributed by atoms with Crippen molar-refractivity contribution >= 4 is 24.2 Å². The number of nitrogens with one attached hydrogen (secondary N) is 1. The van der Waals surface area contributed by atoms with Crippen molar-refractivity contribution in [2.45, 2.75) is 45.0 Å². The average molecular weight is 363 g/mol. The molecule has 27 heavy (non-hydrogen) atoms. The first kappa shape index (κ1) is 18.0. The van der Waals surface area contributed by atoms with Crippen LogP contribution in [0, 0.1) is 5.92 Å². The molecule has 0 amide bonds. The smallest absolute Gasteiger partial charge is 0.161 e. The summed E-state index contributed by atoms with van der Waals surface area (Å²) in [5, 5.41) is 17.9. The second-order valence-electron chi connectivity index (χ2n) is 7.37. The van der Waals surface area contributed by atoms with Crippen molar-refractivity contribution in [1.29, 1.82) is 0 Å². The molecule has 0 aromatic carbocycles. The maximum Gasteiger partial charge on any atom is 0.161 e. The van der Waals surface area contributed by atoms with Crippen LogP contribution >= 0.6 is 0 Å². The molecule has 3 heterocycles. The van der Waals surface area contributed by atoms with Gasteiger partial charge in [-0.15, -0.1) is 0 Å². The molecule has 2 atom stereocenters. The van der Waals surface area contributed by atoms with Gasteiger partial charge in [0.25, 0.3) is 0 Å². The maximum absolute atomic E-state index is 9.85. The van der Waals surface area contributed by atoms with Gasteiger partial charge in [0.2, 0.25) is 0 Å². The highest BCUT2D eigenvalue weighted by atomic mass is 16.3. The molecule has 7 heteroatoms. The van der Waals surface area contributed by atoms with E-state index in [4.69, 9.17) is 4.98 Å². The number of nitrogens with zero attached hydrogens (tertiary/aromatic N) is 4. The zero-order valence-electron chi connectivity index (χ0n) is 15.8. The van der Waals surface area contributed by atoms with Crippen molar-refractivity contribution in [2.75, 3.05) is 11.9 Å². The monoisotopic (exact) mass is 363 g/mol. The fourth-order valence-corrected chi connectivity index (χ4v) is 4.10. The molecule has 1 aliphatic rings. The number of aromatic nitrogens is 4. The molecular formula is C20H26BN5O. The van der Waals surface area contributed by atoms with Gasteiger partial charge < -0.3 is 10.4 Å². The minimum absolute atomic E-state index is 0.232. The first-order valence-electron chi connectivity index (χ1n) is 9.91. The molecule has 0 saturated heterocycles. The summed E-state index contributed by atoms with van der Waals surface area (Å²) in [5.41, 5.74) is 4.27. The van der Waals surface area contributed by atoms with Crippen molar-refractivity contribution in [3.8, 4) is 0 Å². The quantitative estimate of drug-likeness (QED) is 0.656. The molecule has 1 fully saturated rings. The Morgan fingerprint density at radius 3 is 2.96 bits per heavy atom. The Morgan fingerprint density at radius 2 is 2.19 bits per heavy atom. The molecule has 0 radical (unpaired) electrons. The Bertz CT molecular complexity index is 898. The number of aliphatic hydroxyl groups is 1. The summed E-state index contributed by atoms with van der Waals surface area (Å²) in [6, 6.07) is 6.12. The van der Waals surface area contributed by atoms with E-state index in [0.717, 1.165) is 48.3 Å². The minimum Gasteiger partial charge on any atom is -0.396 e. The molecule has 0 unspecified atom stereocenters. The molecule has 6 nitrogen and oxygen atoms in total. The van der Waals surface area contributed by atoms with Crippen LogP contribution in [-0.4, -0.2) is 38.6 Å². The Hall–Kier alpha value is -2.41. The van der Waals surface area contributed by atoms with Gasteiger partial charge in [-0.2, -0.15) is 9.61 Å². The van der Waals surface area contributed by atoms with E-state index in [1.165, 1.54) is 12.8 Å². The lowest BCUT2D eigenvalue weighted by Crippen LogP contribution is -2.23. The minimum atomic E-state index is 0.232. The molecule has 0 aliphatic heterocycles. The molecule has 1 aliphatic carbocycles. The second-order valence-corrected chi connectivity index (χ2v) is 7.37. The van der Waals surface area contributed by atoms with Gasteiger partial charge in [-0.05, 0) is 35.9 Å². The average Bonchev–Trinajstić information content (AvgIpc) is 3.16. The summed E-state index contributed by atoms with van der Waals surface area (Å²) < 4.78 is 1.90. The lowest BCUT2D eigenvalue weighted by atomic mass is 9.75. The van der Waals surface area contributed by atoms with Gasteiger partial charge in [0.05, 0.1) is 0 Å². The fourth-order valence-electron chi connectivity index (χ4n) is 4.10. The number of hydrogen-bond acceptors (Lipinski definition) is 5. The number of pyridine rings is 1. The van der Waals surface area contributed by atoms with E-state index in [-0.39, 0.29) is 6.61 Å². The second kappa shape index (κ2) is 8.09. The first-order valence-corrected chi connectivity index (χ1v) is 9.91. The van der Waals surface area contributed by atoms with Crippen LogP contribution in [0.1, 0.15) is 42.9 Å². The van der Waals surface area contributed by atoms with Crippen molar-refractivity contribution in [3.05, 3.63) is 48.0 Å². The summed E-state index contributed by atoms with van der Waals surface area (Å²) in [7, 11) is 0.899. The molecule has 3 aromatic heterocycles. The van der Waals surface area contributed by atoms with E-state index < -0.39 is 0 Å². The highest BCUT2D eigenvalue weighted by Gasteiger charge is 2.28. The molecule has 0 bridgehead atoms.